The van der Waals surface area contributed by atoms with E-state index in [0.29, 0.717) is 18.5 Å². The van der Waals surface area contributed by atoms with Crippen LogP contribution in [0.25, 0.3) is 6.08 Å². The molecule has 0 aromatic heterocycles. The second kappa shape index (κ2) is 5.76. The third kappa shape index (κ3) is 3.91. The van der Waals surface area contributed by atoms with Crippen molar-refractivity contribution in [2.45, 2.75) is 12.6 Å². The largest absolute Gasteiger partial charge is 0.416 e. The van der Waals surface area contributed by atoms with Crippen molar-refractivity contribution in [2.24, 2.45) is 5.73 Å². The van der Waals surface area contributed by atoms with E-state index in [0.717, 1.165) is 12.1 Å². The van der Waals surface area contributed by atoms with Crippen molar-refractivity contribution < 1.29 is 13.2 Å². The molecule has 2 N–H and O–H groups in total. The van der Waals surface area contributed by atoms with Gasteiger partial charge in [-0.05, 0) is 25.1 Å². The molecule has 0 spiro atoms. The fraction of sp³-hybridized carbons (Fsp3) is 0.273. The summed E-state index contributed by atoms with van der Waals surface area (Å²) in [6, 6.07) is 1.71. The normalized spacial score (nSPS) is 12.4. The van der Waals surface area contributed by atoms with E-state index < -0.39 is 11.7 Å². The van der Waals surface area contributed by atoms with Crippen LogP contribution in [0, 0.1) is 0 Å². The molecule has 0 radical (unpaired) electrons. The first-order chi connectivity index (χ1) is 7.86. The van der Waals surface area contributed by atoms with E-state index in [1.807, 2.05) is 0 Å². The van der Waals surface area contributed by atoms with E-state index in [1.165, 1.54) is 0 Å². The van der Waals surface area contributed by atoms with Crippen molar-refractivity contribution in [3.8, 4) is 0 Å². The average molecular weight is 284 g/mol. The van der Waals surface area contributed by atoms with Gasteiger partial charge < -0.3 is 5.73 Å². The molecule has 6 heteroatoms. The van der Waals surface area contributed by atoms with Crippen LogP contribution in [0.15, 0.2) is 18.2 Å². The summed E-state index contributed by atoms with van der Waals surface area (Å²) in [7, 11) is 0. The molecule has 0 saturated carbocycles. The molecular formula is C11H10Cl2F3N. The van der Waals surface area contributed by atoms with Crippen molar-refractivity contribution in [3.05, 3.63) is 39.4 Å². The minimum absolute atomic E-state index is 0.0295. The Morgan fingerprint density at radius 1 is 1.18 bits per heavy atom. The molecule has 1 nitrogen and oxygen atoms in total. The monoisotopic (exact) mass is 283 g/mol. The van der Waals surface area contributed by atoms with Gasteiger partial charge in [0.15, 0.2) is 0 Å². The Morgan fingerprint density at radius 3 is 2.12 bits per heavy atom. The minimum Gasteiger partial charge on any atom is -0.330 e. The maximum Gasteiger partial charge on any atom is 0.416 e. The van der Waals surface area contributed by atoms with Gasteiger partial charge in [0.05, 0.1) is 5.56 Å². The Hall–Kier alpha value is -0.710. The van der Waals surface area contributed by atoms with Crippen LogP contribution in [0.3, 0.4) is 0 Å². The van der Waals surface area contributed by atoms with E-state index in [2.05, 4.69) is 0 Å². The molecule has 0 amide bonds. The average Bonchev–Trinajstić information content (AvgIpc) is 2.20. The Balaban J connectivity index is 3.11. The molecule has 0 aliphatic carbocycles. The number of alkyl halides is 3. The lowest BCUT2D eigenvalue weighted by molar-refractivity contribution is -0.137. The molecule has 0 heterocycles. The topological polar surface area (TPSA) is 26.0 Å². The fourth-order valence-corrected chi connectivity index (χ4v) is 1.82. The highest BCUT2D eigenvalue weighted by molar-refractivity contribution is 6.37. The Kier molecular flexibility index (Phi) is 4.86. The fourth-order valence-electron chi connectivity index (χ4n) is 1.20. The molecule has 0 aliphatic heterocycles. The van der Waals surface area contributed by atoms with E-state index in [4.69, 9.17) is 28.9 Å². The van der Waals surface area contributed by atoms with Gasteiger partial charge in [-0.2, -0.15) is 13.2 Å². The van der Waals surface area contributed by atoms with Crippen LogP contribution in [0.5, 0.6) is 0 Å². The molecule has 0 aliphatic rings. The quantitative estimate of drug-likeness (QED) is 0.876. The molecule has 0 unspecified atom stereocenters. The number of halogens is 5. The molecule has 1 aromatic carbocycles. The molecule has 94 valence electrons. The van der Waals surface area contributed by atoms with Crippen LogP contribution in [0.4, 0.5) is 13.2 Å². The molecule has 1 aromatic rings. The van der Waals surface area contributed by atoms with Gasteiger partial charge in [-0.15, -0.1) is 0 Å². The zero-order valence-corrected chi connectivity index (χ0v) is 10.2. The summed E-state index contributed by atoms with van der Waals surface area (Å²) < 4.78 is 37.3. The van der Waals surface area contributed by atoms with Crippen LogP contribution in [0.2, 0.25) is 10.0 Å². The van der Waals surface area contributed by atoms with Crippen molar-refractivity contribution in [2.75, 3.05) is 6.54 Å². The highest BCUT2D eigenvalue weighted by atomic mass is 35.5. The Morgan fingerprint density at radius 2 is 1.71 bits per heavy atom. The van der Waals surface area contributed by atoms with Gasteiger partial charge in [0.1, 0.15) is 0 Å². The van der Waals surface area contributed by atoms with Gasteiger partial charge in [-0.3, -0.25) is 0 Å². The third-order valence-electron chi connectivity index (χ3n) is 2.02. The lowest BCUT2D eigenvalue weighted by Gasteiger charge is -2.10. The zero-order chi connectivity index (χ0) is 13.1. The highest BCUT2D eigenvalue weighted by Gasteiger charge is 2.31. The van der Waals surface area contributed by atoms with Crippen LogP contribution < -0.4 is 5.73 Å². The summed E-state index contributed by atoms with van der Waals surface area (Å²) in [5.74, 6) is 0. The minimum atomic E-state index is -4.45. The molecular weight excluding hydrogens is 274 g/mol. The zero-order valence-electron chi connectivity index (χ0n) is 8.69. The van der Waals surface area contributed by atoms with Crippen molar-refractivity contribution in [1.82, 2.24) is 0 Å². The summed E-state index contributed by atoms with van der Waals surface area (Å²) in [5, 5.41) is -0.0591. The summed E-state index contributed by atoms with van der Waals surface area (Å²) >= 11 is 11.5. The van der Waals surface area contributed by atoms with Gasteiger partial charge in [-0.1, -0.05) is 35.4 Å². The van der Waals surface area contributed by atoms with Gasteiger partial charge in [0, 0.05) is 15.6 Å². The smallest absolute Gasteiger partial charge is 0.330 e. The third-order valence-corrected chi connectivity index (χ3v) is 2.65. The lowest BCUT2D eigenvalue weighted by atomic mass is 10.1. The second-order valence-electron chi connectivity index (χ2n) is 3.33. The van der Waals surface area contributed by atoms with Gasteiger partial charge in [0.2, 0.25) is 0 Å². The summed E-state index contributed by atoms with van der Waals surface area (Å²) in [6.45, 7) is 0.451. The van der Waals surface area contributed by atoms with E-state index in [1.54, 1.807) is 12.2 Å². The van der Waals surface area contributed by atoms with Crippen LogP contribution in [-0.2, 0) is 6.18 Å². The highest BCUT2D eigenvalue weighted by Crippen LogP contribution is 2.36. The predicted octanol–water partition coefficient (Wildman–Crippen LogP) is 4.37. The first-order valence-corrected chi connectivity index (χ1v) is 5.54. The predicted molar refractivity (Wildman–Crippen MR) is 64.2 cm³/mol. The second-order valence-corrected chi connectivity index (χ2v) is 4.15. The molecule has 1 rings (SSSR count). The summed E-state index contributed by atoms with van der Waals surface area (Å²) in [4.78, 5) is 0. The van der Waals surface area contributed by atoms with Gasteiger partial charge in [0.25, 0.3) is 0 Å². The van der Waals surface area contributed by atoms with E-state index in [9.17, 15) is 13.2 Å². The molecule has 0 atom stereocenters. The van der Waals surface area contributed by atoms with Gasteiger partial charge in [-0.25, -0.2) is 0 Å². The first-order valence-electron chi connectivity index (χ1n) is 4.79. The summed E-state index contributed by atoms with van der Waals surface area (Å²) in [5.41, 5.74) is 4.80. The van der Waals surface area contributed by atoms with E-state index in [-0.39, 0.29) is 10.0 Å². The number of hydrogen-bond acceptors (Lipinski definition) is 1. The van der Waals surface area contributed by atoms with Crippen molar-refractivity contribution >= 4 is 29.3 Å². The Bertz CT molecular complexity index is 404. The number of hydrogen-bond donors (Lipinski definition) is 1. The van der Waals surface area contributed by atoms with E-state index >= 15 is 0 Å². The van der Waals surface area contributed by atoms with Crippen molar-refractivity contribution in [3.63, 3.8) is 0 Å². The molecule has 0 saturated heterocycles. The first kappa shape index (κ1) is 14.4. The van der Waals surface area contributed by atoms with Crippen molar-refractivity contribution in [1.29, 1.82) is 0 Å². The number of rotatable bonds is 3. The van der Waals surface area contributed by atoms with Crippen LogP contribution in [-0.4, -0.2) is 6.54 Å². The maximum atomic E-state index is 12.4. The summed E-state index contributed by atoms with van der Waals surface area (Å²) in [6.07, 6.45) is -0.571. The maximum absolute atomic E-state index is 12.4. The standard InChI is InChI=1S/C11H10Cl2F3N/c12-9-5-7(11(14,15)16)6-10(13)8(9)3-1-2-4-17/h1,3,5-6H,2,4,17H2. The number of nitrogens with two attached hydrogens (primary N) is 1. The SMILES string of the molecule is NCCC=Cc1c(Cl)cc(C(F)(F)F)cc1Cl. The Labute approximate surface area is 107 Å². The molecule has 0 bridgehead atoms. The molecule has 17 heavy (non-hydrogen) atoms. The van der Waals surface area contributed by atoms with Crippen LogP contribution >= 0.6 is 23.2 Å². The number of benzene rings is 1. The molecule has 0 fully saturated rings. The van der Waals surface area contributed by atoms with Crippen LogP contribution in [0.1, 0.15) is 17.5 Å². The van der Waals surface area contributed by atoms with Gasteiger partial charge >= 0.3 is 6.18 Å². The lowest BCUT2D eigenvalue weighted by Crippen LogP contribution is -2.05.